The number of methoxy groups -OCH3 is 1. The van der Waals surface area contributed by atoms with Gasteiger partial charge in [-0.05, 0) is 63.6 Å². The van der Waals surface area contributed by atoms with Crippen LogP contribution in [-0.4, -0.2) is 67.0 Å². The Morgan fingerprint density at radius 1 is 0.921 bits per heavy atom. The van der Waals surface area contributed by atoms with Crippen LogP contribution in [0.2, 0.25) is 0 Å². The molecule has 1 aliphatic rings. The van der Waals surface area contributed by atoms with Crippen LogP contribution < -0.4 is 16.0 Å². The van der Waals surface area contributed by atoms with Crippen LogP contribution in [0.25, 0.3) is 0 Å². The third-order valence-corrected chi connectivity index (χ3v) is 5.39. The number of carbonyl (C=O) groups is 5. The van der Waals surface area contributed by atoms with Crippen LogP contribution in [0.4, 0.5) is 16.2 Å². The number of hydrogen-bond donors (Lipinski definition) is 3. The fourth-order valence-corrected chi connectivity index (χ4v) is 3.70. The van der Waals surface area contributed by atoms with E-state index in [1.165, 1.54) is 18.2 Å². The van der Waals surface area contributed by atoms with E-state index in [1.54, 1.807) is 52.1 Å². The maximum absolute atomic E-state index is 12.9. The van der Waals surface area contributed by atoms with E-state index in [1.807, 2.05) is 0 Å². The number of carbonyl (C=O) groups excluding carboxylic acids is 5. The van der Waals surface area contributed by atoms with Crippen molar-refractivity contribution in [2.75, 3.05) is 37.4 Å². The third-order valence-electron chi connectivity index (χ3n) is 5.39. The largest absolute Gasteiger partial charge is 0.444 e. The van der Waals surface area contributed by atoms with Crippen LogP contribution >= 0.6 is 0 Å². The van der Waals surface area contributed by atoms with Crippen LogP contribution in [0.15, 0.2) is 42.5 Å². The molecule has 0 spiro atoms. The van der Waals surface area contributed by atoms with E-state index in [2.05, 4.69) is 16.0 Å². The van der Waals surface area contributed by atoms with Crippen molar-refractivity contribution in [3.8, 4) is 0 Å². The van der Waals surface area contributed by atoms with Gasteiger partial charge in [0.15, 0.2) is 0 Å². The second-order valence-electron chi connectivity index (χ2n) is 9.63. The average Bonchev–Trinajstić information content (AvgIpc) is 3.07. The summed E-state index contributed by atoms with van der Waals surface area (Å²) < 4.78 is 10.1. The molecule has 0 fully saturated rings. The van der Waals surface area contributed by atoms with E-state index in [4.69, 9.17) is 9.47 Å². The van der Waals surface area contributed by atoms with E-state index < -0.39 is 29.4 Å². The van der Waals surface area contributed by atoms with Gasteiger partial charge in [0, 0.05) is 50.2 Å². The summed E-state index contributed by atoms with van der Waals surface area (Å²) in [5.41, 5.74) is 0.895. The smallest absolute Gasteiger partial charge is 0.407 e. The summed E-state index contributed by atoms with van der Waals surface area (Å²) >= 11 is 0. The van der Waals surface area contributed by atoms with E-state index >= 15 is 0 Å². The lowest BCUT2D eigenvalue weighted by Gasteiger charge is -2.19. The monoisotopic (exact) mass is 524 g/mol. The number of anilines is 2. The summed E-state index contributed by atoms with van der Waals surface area (Å²) in [6, 6.07) is 10.9. The fourth-order valence-electron chi connectivity index (χ4n) is 3.70. The van der Waals surface area contributed by atoms with Gasteiger partial charge >= 0.3 is 6.09 Å². The van der Waals surface area contributed by atoms with Gasteiger partial charge < -0.3 is 25.4 Å². The molecule has 0 aromatic heterocycles. The fraction of sp³-hybridized carbons (Fsp3) is 0.370. The zero-order valence-corrected chi connectivity index (χ0v) is 21.9. The van der Waals surface area contributed by atoms with Crippen molar-refractivity contribution >= 4 is 41.1 Å². The quantitative estimate of drug-likeness (QED) is 0.319. The lowest BCUT2D eigenvalue weighted by molar-refractivity contribution is -0.116. The predicted molar refractivity (Wildman–Crippen MR) is 140 cm³/mol. The molecular formula is C27H32N4O7. The molecule has 0 radical (unpaired) electrons. The highest BCUT2D eigenvalue weighted by molar-refractivity contribution is 6.22. The average molecular weight is 525 g/mol. The van der Waals surface area contributed by atoms with Crippen molar-refractivity contribution in [3.63, 3.8) is 0 Å². The van der Waals surface area contributed by atoms with Crippen LogP contribution in [0, 0.1) is 0 Å². The minimum atomic E-state index is -0.631. The van der Waals surface area contributed by atoms with Gasteiger partial charge in [-0.3, -0.25) is 24.1 Å². The van der Waals surface area contributed by atoms with Gasteiger partial charge in [0.25, 0.3) is 17.7 Å². The molecule has 3 rings (SSSR count). The summed E-state index contributed by atoms with van der Waals surface area (Å²) in [7, 11) is 1.55. The van der Waals surface area contributed by atoms with Gasteiger partial charge in [-0.15, -0.1) is 0 Å². The number of amides is 5. The number of benzene rings is 2. The molecule has 0 aliphatic carbocycles. The van der Waals surface area contributed by atoms with E-state index in [-0.39, 0.29) is 42.1 Å². The summed E-state index contributed by atoms with van der Waals surface area (Å²) in [5.74, 6) is -1.64. The lowest BCUT2D eigenvalue weighted by Crippen LogP contribution is -2.34. The Kier molecular flexibility index (Phi) is 9.19. The highest BCUT2D eigenvalue weighted by Gasteiger charge is 2.35. The minimum absolute atomic E-state index is 0.0280. The van der Waals surface area contributed by atoms with Crippen molar-refractivity contribution in [1.82, 2.24) is 10.2 Å². The maximum Gasteiger partial charge on any atom is 0.407 e. The summed E-state index contributed by atoms with van der Waals surface area (Å²) in [6.07, 6.45) is -0.0609. The molecule has 11 nitrogen and oxygen atoms in total. The Bertz CT molecular complexity index is 1240. The van der Waals surface area contributed by atoms with Crippen LogP contribution in [-0.2, 0) is 14.3 Å². The van der Waals surface area contributed by atoms with Gasteiger partial charge in [0.05, 0.1) is 11.1 Å². The number of nitrogens with zero attached hydrogens (tertiary/aromatic N) is 1. The molecule has 202 valence electrons. The van der Waals surface area contributed by atoms with Gasteiger partial charge in [0.2, 0.25) is 5.91 Å². The molecule has 38 heavy (non-hydrogen) atoms. The van der Waals surface area contributed by atoms with Crippen molar-refractivity contribution in [3.05, 3.63) is 59.2 Å². The predicted octanol–water partition coefficient (Wildman–Crippen LogP) is 3.42. The maximum atomic E-state index is 12.9. The summed E-state index contributed by atoms with van der Waals surface area (Å²) in [4.78, 5) is 63.2. The number of ether oxygens (including phenoxy) is 2. The van der Waals surface area contributed by atoms with Crippen molar-refractivity contribution < 1.29 is 33.4 Å². The van der Waals surface area contributed by atoms with Gasteiger partial charge in [0.1, 0.15) is 5.60 Å². The number of alkyl carbamates (subject to hydrolysis) is 1. The number of imide groups is 1. The molecule has 3 N–H and O–H groups in total. The second kappa shape index (κ2) is 12.3. The van der Waals surface area contributed by atoms with Crippen molar-refractivity contribution in [2.45, 2.75) is 39.2 Å². The van der Waals surface area contributed by atoms with Gasteiger partial charge in [-0.2, -0.15) is 0 Å². The van der Waals surface area contributed by atoms with Crippen molar-refractivity contribution in [2.24, 2.45) is 0 Å². The highest BCUT2D eigenvalue weighted by Crippen LogP contribution is 2.25. The molecule has 0 saturated carbocycles. The summed E-state index contributed by atoms with van der Waals surface area (Å²) in [6.45, 7) is 5.99. The SMILES string of the molecule is COCCCN1C(=O)c2ccc(C(=O)Nc3cccc(NC(=O)CCNC(=O)OC(C)(C)C)c3)cc2C1=O. The molecule has 0 bridgehead atoms. The molecule has 0 atom stereocenters. The topological polar surface area (TPSA) is 143 Å². The zero-order chi connectivity index (χ0) is 27.9. The first-order chi connectivity index (χ1) is 18.0. The lowest BCUT2D eigenvalue weighted by atomic mass is 10.1. The van der Waals surface area contributed by atoms with Crippen LogP contribution in [0.1, 0.15) is 64.7 Å². The number of hydrogen-bond acceptors (Lipinski definition) is 7. The van der Waals surface area contributed by atoms with Crippen LogP contribution in [0.3, 0.4) is 0 Å². The van der Waals surface area contributed by atoms with Crippen molar-refractivity contribution in [1.29, 1.82) is 0 Å². The first-order valence-electron chi connectivity index (χ1n) is 12.2. The molecule has 0 unspecified atom stereocenters. The normalized spacial score (nSPS) is 12.7. The van der Waals surface area contributed by atoms with Gasteiger partial charge in [-0.25, -0.2) is 4.79 Å². The number of rotatable bonds is 10. The minimum Gasteiger partial charge on any atom is -0.444 e. The standard InChI is InChI=1S/C27H32N4O7/c1-27(2,3)38-26(36)28-12-11-22(32)29-18-7-5-8-19(16-18)30-23(33)17-9-10-20-21(15-17)25(35)31(24(20)34)13-6-14-37-4/h5,7-10,15-16H,6,11-14H2,1-4H3,(H,28,36)(H,29,32)(H,30,33). The third kappa shape index (κ3) is 7.62. The summed E-state index contributed by atoms with van der Waals surface area (Å²) in [5, 5.41) is 7.96. The molecule has 0 saturated heterocycles. The Morgan fingerprint density at radius 2 is 1.61 bits per heavy atom. The first-order valence-corrected chi connectivity index (χ1v) is 12.2. The molecule has 11 heteroatoms. The Labute approximate surface area is 220 Å². The second-order valence-corrected chi connectivity index (χ2v) is 9.63. The molecular weight excluding hydrogens is 492 g/mol. The Morgan fingerprint density at radius 3 is 2.29 bits per heavy atom. The Balaban J connectivity index is 1.57. The molecule has 5 amide bonds. The number of fused-ring (bicyclic) bond motifs is 1. The van der Waals surface area contributed by atoms with Crippen LogP contribution in [0.5, 0.6) is 0 Å². The Hall–Kier alpha value is -4.25. The zero-order valence-electron chi connectivity index (χ0n) is 21.9. The molecule has 2 aromatic carbocycles. The molecule has 1 heterocycles. The van der Waals surface area contributed by atoms with E-state index in [0.717, 1.165) is 4.90 Å². The first kappa shape index (κ1) is 28.3. The molecule has 2 aromatic rings. The van der Waals surface area contributed by atoms with E-state index in [0.29, 0.717) is 24.4 Å². The molecule has 1 aliphatic heterocycles. The van der Waals surface area contributed by atoms with E-state index in [9.17, 15) is 24.0 Å². The highest BCUT2D eigenvalue weighted by atomic mass is 16.6. The van der Waals surface area contributed by atoms with Gasteiger partial charge in [-0.1, -0.05) is 6.07 Å². The number of nitrogens with one attached hydrogen (secondary N) is 3.